The number of fused-ring (bicyclic) bond motifs is 1. The summed E-state index contributed by atoms with van der Waals surface area (Å²) in [5.74, 6) is 0. The normalized spacial score (nSPS) is 11.8. The molecule has 0 radical (unpaired) electrons. The van der Waals surface area contributed by atoms with Crippen molar-refractivity contribution in [3.05, 3.63) is 28.2 Å². The van der Waals surface area contributed by atoms with Crippen LogP contribution < -0.4 is 5.32 Å². The Hall–Kier alpha value is -2.39. The summed E-state index contributed by atoms with van der Waals surface area (Å²) in [6.07, 6.45) is -3.86. The van der Waals surface area contributed by atoms with Gasteiger partial charge in [-0.2, -0.15) is 18.3 Å². The van der Waals surface area contributed by atoms with Crippen molar-refractivity contribution in [2.45, 2.75) is 6.18 Å². The van der Waals surface area contributed by atoms with E-state index in [-0.39, 0.29) is 11.3 Å². The molecule has 0 fully saturated rings. The number of anilines is 1. The highest BCUT2D eigenvalue weighted by molar-refractivity contribution is 5.78. The zero-order valence-electron chi connectivity index (χ0n) is 8.89. The first-order valence-electron chi connectivity index (χ1n) is 4.62. The molecule has 2 heterocycles. The number of nitrogens with zero attached hydrogens (tertiary/aromatic N) is 4. The summed E-state index contributed by atoms with van der Waals surface area (Å²) >= 11 is 0. The van der Waals surface area contributed by atoms with E-state index in [9.17, 15) is 23.3 Å². The summed E-state index contributed by atoms with van der Waals surface area (Å²) in [6, 6.07) is 0.424. The van der Waals surface area contributed by atoms with E-state index in [1.54, 1.807) is 0 Å². The third-order valence-corrected chi connectivity index (χ3v) is 2.27. The van der Waals surface area contributed by atoms with Crippen LogP contribution in [0.1, 0.15) is 5.69 Å². The lowest BCUT2D eigenvalue weighted by Gasteiger charge is -2.10. The number of alkyl halides is 3. The third-order valence-electron chi connectivity index (χ3n) is 2.27. The molecule has 18 heavy (non-hydrogen) atoms. The first kappa shape index (κ1) is 12.1. The van der Waals surface area contributed by atoms with Crippen LogP contribution in [0.5, 0.6) is 0 Å². The van der Waals surface area contributed by atoms with E-state index in [1.165, 1.54) is 7.05 Å². The molecule has 0 unspecified atom stereocenters. The lowest BCUT2D eigenvalue weighted by Crippen LogP contribution is -2.14. The smallest absolute Gasteiger partial charge is 0.379 e. The predicted octanol–water partition coefficient (Wildman–Crippen LogP) is 1.70. The molecule has 96 valence electrons. The molecule has 2 rings (SSSR count). The highest BCUT2D eigenvalue weighted by atomic mass is 19.4. The van der Waals surface area contributed by atoms with E-state index < -0.39 is 22.5 Å². The van der Waals surface area contributed by atoms with E-state index in [2.05, 4.69) is 15.4 Å². The van der Waals surface area contributed by atoms with Crippen LogP contribution in [0.15, 0.2) is 12.4 Å². The summed E-state index contributed by atoms with van der Waals surface area (Å²) in [7, 11) is 1.35. The number of nitrogens with one attached hydrogen (secondary N) is 1. The summed E-state index contributed by atoms with van der Waals surface area (Å²) < 4.78 is 38.7. The zero-order chi connectivity index (χ0) is 13.5. The minimum atomic E-state index is -4.76. The van der Waals surface area contributed by atoms with Crippen LogP contribution in [0.25, 0.3) is 5.65 Å². The Kier molecular flexibility index (Phi) is 2.56. The van der Waals surface area contributed by atoms with Crippen molar-refractivity contribution < 1.29 is 18.1 Å². The first-order valence-corrected chi connectivity index (χ1v) is 4.62. The highest BCUT2D eigenvalue weighted by Gasteiger charge is 2.37. The van der Waals surface area contributed by atoms with Crippen LogP contribution in [0.4, 0.5) is 24.5 Å². The minimum Gasteiger partial charge on any atom is -0.379 e. The molecule has 10 heteroatoms. The van der Waals surface area contributed by atoms with Gasteiger partial charge in [0.05, 0.1) is 4.92 Å². The van der Waals surface area contributed by atoms with Crippen molar-refractivity contribution in [1.82, 2.24) is 14.6 Å². The Morgan fingerprint density at radius 3 is 2.67 bits per heavy atom. The molecule has 2 aromatic heterocycles. The Labute approximate surface area is 97.4 Å². The van der Waals surface area contributed by atoms with Gasteiger partial charge >= 0.3 is 6.18 Å². The number of rotatable bonds is 2. The maximum absolute atomic E-state index is 12.7. The second kappa shape index (κ2) is 3.82. The molecule has 0 bridgehead atoms. The van der Waals surface area contributed by atoms with Crippen molar-refractivity contribution in [3.8, 4) is 0 Å². The van der Waals surface area contributed by atoms with Crippen LogP contribution in [-0.4, -0.2) is 26.6 Å². The van der Waals surface area contributed by atoms with Gasteiger partial charge in [-0.15, -0.1) is 0 Å². The van der Waals surface area contributed by atoms with Gasteiger partial charge in [0.25, 0.3) is 5.69 Å². The highest BCUT2D eigenvalue weighted by Crippen LogP contribution is 2.36. The molecule has 0 atom stereocenters. The zero-order valence-corrected chi connectivity index (χ0v) is 8.89. The molecule has 7 nitrogen and oxygen atoms in total. The van der Waals surface area contributed by atoms with Crippen LogP contribution in [0.2, 0.25) is 0 Å². The Morgan fingerprint density at radius 1 is 1.50 bits per heavy atom. The van der Waals surface area contributed by atoms with Gasteiger partial charge < -0.3 is 5.32 Å². The molecule has 0 saturated heterocycles. The van der Waals surface area contributed by atoms with Crippen molar-refractivity contribution >= 4 is 17.0 Å². The summed E-state index contributed by atoms with van der Waals surface area (Å²) in [4.78, 5) is 13.5. The number of pyridine rings is 1. The molecule has 0 aromatic carbocycles. The minimum absolute atomic E-state index is 0.120. The van der Waals surface area contributed by atoms with Gasteiger partial charge in [-0.05, 0) is 0 Å². The molecular weight excluding hydrogens is 255 g/mol. The molecule has 0 aliphatic heterocycles. The summed E-state index contributed by atoms with van der Waals surface area (Å²) in [5.41, 5.74) is -2.32. The SMILES string of the molecule is CNc1c([N+](=O)[O-])cc(C(F)(F)F)n2ncnc12. The summed E-state index contributed by atoms with van der Waals surface area (Å²) in [6.45, 7) is 0. The number of hydrogen-bond acceptors (Lipinski definition) is 5. The summed E-state index contributed by atoms with van der Waals surface area (Å²) in [5, 5.41) is 16.6. The van der Waals surface area contributed by atoms with Gasteiger partial charge in [-0.1, -0.05) is 0 Å². The molecular formula is C8H6F3N5O2. The molecule has 0 saturated carbocycles. The topological polar surface area (TPSA) is 85.4 Å². The standard InChI is InChI=1S/C8H6F3N5O2/c1-12-6-4(16(17)18)2-5(8(9,10)11)15-7(6)13-3-14-15/h2-3,12H,1H3. The first-order chi connectivity index (χ1) is 8.36. The molecule has 0 spiro atoms. The fourth-order valence-corrected chi connectivity index (χ4v) is 1.55. The molecule has 0 aliphatic carbocycles. The van der Waals surface area contributed by atoms with E-state index in [1.807, 2.05) is 0 Å². The second-order valence-electron chi connectivity index (χ2n) is 3.29. The third kappa shape index (κ3) is 1.71. The van der Waals surface area contributed by atoms with Crippen LogP contribution >= 0.6 is 0 Å². The molecule has 2 aromatic rings. The maximum atomic E-state index is 12.7. The fraction of sp³-hybridized carbons (Fsp3) is 0.250. The fourth-order valence-electron chi connectivity index (χ4n) is 1.55. The van der Waals surface area contributed by atoms with Gasteiger partial charge in [0.2, 0.25) is 0 Å². The van der Waals surface area contributed by atoms with Crippen molar-refractivity contribution in [2.75, 3.05) is 12.4 Å². The van der Waals surface area contributed by atoms with Crippen molar-refractivity contribution in [1.29, 1.82) is 0 Å². The van der Waals surface area contributed by atoms with E-state index >= 15 is 0 Å². The number of nitro groups is 1. The van der Waals surface area contributed by atoms with E-state index in [4.69, 9.17) is 0 Å². The molecule has 1 N–H and O–H groups in total. The van der Waals surface area contributed by atoms with E-state index in [0.717, 1.165) is 6.33 Å². The second-order valence-corrected chi connectivity index (χ2v) is 3.29. The average molecular weight is 261 g/mol. The number of hydrogen-bond donors (Lipinski definition) is 1. The van der Waals surface area contributed by atoms with Crippen LogP contribution in [0.3, 0.4) is 0 Å². The number of halogens is 3. The van der Waals surface area contributed by atoms with Crippen molar-refractivity contribution in [2.24, 2.45) is 0 Å². The Bertz CT molecular complexity index is 621. The number of aromatic nitrogens is 3. The van der Waals surface area contributed by atoms with Gasteiger partial charge in [0, 0.05) is 13.1 Å². The van der Waals surface area contributed by atoms with Gasteiger partial charge in [-0.25, -0.2) is 9.50 Å². The lowest BCUT2D eigenvalue weighted by molar-refractivity contribution is -0.384. The Balaban J connectivity index is 2.89. The van der Waals surface area contributed by atoms with Gasteiger partial charge in [0.1, 0.15) is 6.33 Å². The average Bonchev–Trinajstić information content (AvgIpc) is 2.73. The van der Waals surface area contributed by atoms with E-state index in [0.29, 0.717) is 10.6 Å². The quantitative estimate of drug-likeness (QED) is 0.656. The maximum Gasteiger partial charge on any atom is 0.433 e. The van der Waals surface area contributed by atoms with Crippen molar-refractivity contribution in [3.63, 3.8) is 0 Å². The Morgan fingerprint density at radius 2 is 2.17 bits per heavy atom. The van der Waals surface area contributed by atoms with Gasteiger partial charge in [0.15, 0.2) is 17.0 Å². The lowest BCUT2D eigenvalue weighted by atomic mass is 10.2. The molecule has 0 aliphatic rings. The van der Waals surface area contributed by atoms with Crippen LogP contribution in [0, 0.1) is 10.1 Å². The molecule has 0 amide bonds. The van der Waals surface area contributed by atoms with Gasteiger partial charge in [-0.3, -0.25) is 10.1 Å². The monoisotopic (exact) mass is 261 g/mol. The largest absolute Gasteiger partial charge is 0.433 e. The predicted molar refractivity (Wildman–Crippen MR) is 54.2 cm³/mol. The van der Waals surface area contributed by atoms with Crippen LogP contribution in [-0.2, 0) is 6.18 Å².